The molecule has 0 fully saturated rings. The Kier molecular flexibility index (Phi) is 8.16. The highest BCUT2D eigenvalue weighted by Crippen LogP contribution is 1.93. The molecule has 1 nitrogen and oxygen atoms in total. The molecule has 0 aliphatic rings. The molecule has 0 aliphatic carbocycles. The first-order valence-corrected chi connectivity index (χ1v) is 5.31. The second kappa shape index (κ2) is 9.07. The maximum absolute atomic E-state index is 4.83. The summed E-state index contributed by atoms with van der Waals surface area (Å²) in [4.78, 5) is 0. The van der Waals surface area contributed by atoms with Crippen molar-refractivity contribution in [2.45, 2.75) is 27.7 Å². The van der Waals surface area contributed by atoms with Gasteiger partial charge in [-0.3, -0.25) is 0 Å². The Morgan fingerprint density at radius 1 is 0.800 bits per heavy atom. The van der Waals surface area contributed by atoms with Crippen molar-refractivity contribution in [1.29, 1.82) is 0 Å². The Hall–Kier alpha value is -1.50. The Bertz CT molecular complexity index is 308. The largest absolute Gasteiger partial charge is 0.470 e. The lowest BCUT2D eigenvalue weighted by Crippen LogP contribution is -1.62. The van der Waals surface area contributed by atoms with Crippen LogP contribution < -0.4 is 0 Å². The van der Waals surface area contributed by atoms with Crippen molar-refractivity contribution in [1.82, 2.24) is 0 Å². The molecule has 0 bridgehead atoms. The van der Waals surface area contributed by atoms with Crippen molar-refractivity contribution < 1.29 is 4.42 Å². The molecule has 0 spiro atoms. The minimum Gasteiger partial charge on any atom is -0.470 e. The number of benzene rings is 1. The highest BCUT2D eigenvalue weighted by molar-refractivity contribution is 5.11. The molecule has 0 aliphatic heterocycles. The summed E-state index contributed by atoms with van der Waals surface area (Å²) in [7, 11) is 0. The lowest BCUT2D eigenvalue weighted by Gasteiger charge is -1.82. The molecule has 0 saturated carbocycles. The molecule has 0 atom stereocenters. The summed E-state index contributed by atoms with van der Waals surface area (Å²) in [6, 6.07) is 14.0. The topological polar surface area (TPSA) is 13.1 Å². The van der Waals surface area contributed by atoms with Crippen LogP contribution in [-0.4, -0.2) is 0 Å². The number of hydrogen-bond acceptors (Lipinski definition) is 1. The van der Waals surface area contributed by atoms with Crippen LogP contribution >= 0.6 is 0 Å². The van der Waals surface area contributed by atoms with E-state index in [2.05, 4.69) is 19.1 Å². The molecule has 1 heteroatoms. The lowest BCUT2D eigenvalue weighted by molar-refractivity contribution is 0.534. The third-order valence-corrected chi connectivity index (χ3v) is 1.60. The molecule has 0 N–H and O–H groups in total. The van der Waals surface area contributed by atoms with E-state index in [1.807, 2.05) is 51.1 Å². The van der Waals surface area contributed by atoms with Gasteiger partial charge in [0.05, 0.1) is 6.26 Å². The Morgan fingerprint density at radius 2 is 1.40 bits per heavy atom. The molecular weight excluding hydrogens is 184 g/mol. The number of rotatable bonds is 0. The quantitative estimate of drug-likeness (QED) is 0.610. The van der Waals surface area contributed by atoms with Gasteiger partial charge in [0.2, 0.25) is 0 Å². The summed E-state index contributed by atoms with van der Waals surface area (Å²) in [6.45, 7) is 8.00. The molecule has 1 heterocycles. The smallest absolute Gasteiger partial charge is 0.100 e. The standard InChI is InChI=1S/C7H8.C5H6O.C2H6/c1-7-5-3-2-4-6-7;1-5-3-2-4-6-5;1-2/h2-6H,1H3;2-4H,1H3;1-2H3. The van der Waals surface area contributed by atoms with Crippen LogP contribution in [0.25, 0.3) is 0 Å². The molecule has 0 radical (unpaired) electrons. The molecule has 15 heavy (non-hydrogen) atoms. The Balaban J connectivity index is 0.000000227. The van der Waals surface area contributed by atoms with Gasteiger partial charge in [0, 0.05) is 0 Å². The van der Waals surface area contributed by atoms with E-state index in [0.29, 0.717) is 0 Å². The fraction of sp³-hybridized carbons (Fsp3) is 0.286. The minimum atomic E-state index is 0.968. The zero-order chi connectivity index (χ0) is 11.5. The normalized spacial score (nSPS) is 8.00. The van der Waals surface area contributed by atoms with Crippen LogP contribution in [0.15, 0.2) is 53.1 Å². The maximum atomic E-state index is 4.83. The highest BCUT2D eigenvalue weighted by Gasteiger charge is 1.76. The third kappa shape index (κ3) is 7.56. The maximum Gasteiger partial charge on any atom is 0.100 e. The zero-order valence-electron chi connectivity index (χ0n) is 10.0. The van der Waals surface area contributed by atoms with E-state index in [1.165, 1.54) is 5.56 Å². The molecule has 0 amide bonds. The summed E-state index contributed by atoms with van der Waals surface area (Å²) in [5, 5.41) is 0. The molecule has 2 rings (SSSR count). The van der Waals surface area contributed by atoms with Gasteiger partial charge in [-0.25, -0.2) is 0 Å². The fourth-order valence-corrected chi connectivity index (χ4v) is 0.895. The van der Waals surface area contributed by atoms with Crippen LogP contribution in [0.2, 0.25) is 0 Å². The van der Waals surface area contributed by atoms with Gasteiger partial charge >= 0.3 is 0 Å². The van der Waals surface area contributed by atoms with Crippen LogP contribution in [0.3, 0.4) is 0 Å². The van der Waals surface area contributed by atoms with Crippen LogP contribution in [0.5, 0.6) is 0 Å². The Morgan fingerprint density at radius 3 is 1.60 bits per heavy atom. The highest BCUT2D eigenvalue weighted by atomic mass is 16.3. The predicted octanol–water partition coefficient (Wildman–Crippen LogP) is 4.61. The molecule has 82 valence electrons. The van der Waals surface area contributed by atoms with E-state index in [0.717, 1.165) is 5.76 Å². The van der Waals surface area contributed by atoms with Gasteiger partial charge in [0.15, 0.2) is 0 Å². The van der Waals surface area contributed by atoms with Crippen LogP contribution in [0, 0.1) is 13.8 Å². The SMILES string of the molecule is CC.Cc1ccccc1.Cc1ccco1. The first-order chi connectivity index (χ1) is 7.29. The van der Waals surface area contributed by atoms with E-state index >= 15 is 0 Å². The summed E-state index contributed by atoms with van der Waals surface area (Å²) < 4.78 is 4.83. The van der Waals surface area contributed by atoms with E-state index in [1.54, 1.807) is 6.26 Å². The Labute approximate surface area is 92.8 Å². The van der Waals surface area contributed by atoms with Crippen molar-refractivity contribution >= 4 is 0 Å². The monoisotopic (exact) mass is 204 g/mol. The van der Waals surface area contributed by atoms with Crippen LogP contribution in [0.4, 0.5) is 0 Å². The zero-order valence-corrected chi connectivity index (χ0v) is 10.0. The minimum absolute atomic E-state index is 0.968. The second-order valence-corrected chi connectivity index (χ2v) is 2.88. The first-order valence-electron chi connectivity index (χ1n) is 5.31. The lowest BCUT2D eigenvalue weighted by atomic mass is 10.2. The number of aryl methyl sites for hydroxylation is 2. The molecular formula is C14H20O. The third-order valence-electron chi connectivity index (χ3n) is 1.60. The second-order valence-electron chi connectivity index (χ2n) is 2.88. The van der Waals surface area contributed by atoms with E-state index in [9.17, 15) is 0 Å². The van der Waals surface area contributed by atoms with Crippen LogP contribution in [0.1, 0.15) is 25.2 Å². The van der Waals surface area contributed by atoms with Gasteiger partial charge in [-0.05, 0) is 26.0 Å². The molecule has 1 aromatic carbocycles. The molecule has 0 saturated heterocycles. The summed E-state index contributed by atoms with van der Waals surface area (Å²) in [5.74, 6) is 0.968. The summed E-state index contributed by atoms with van der Waals surface area (Å²) >= 11 is 0. The van der Waals surface area contributed by atoms with Gasteiger partial charge in [-0.2, -0.15) is 0 Å². The van der Waals surface area contributed by atoms with E-state index in [4.69, 9.17) is 4.42 Å². The van der Waals surface area contributed by atoms with E-state index < -0.39 is 0 Å². The van der Waals surface area contributed by atoms with Crippen molar-refractivity contribution in [3.05, 3.63) is 60.1 Å². The van der Waals surface area contributed by atoms with E-state index in [-0.39, 0.29) is 0 Å². The summed E-state index contributed by atoms with van der Waals surface area (Å²) in [6.07, 6.45) is 1.66. The van der Waals surface area contributed by atoms with Gasteiger partial charge < -0.3 is 4.42 Å². The van der Waals surface area contributed by atoms with Crippen molar-refractivity contribution in [2.24, 2.45) is 0 Å². The van der Waals surface area contributed by atoms with Crippen LogP contribution in [-0.2, 0) is 0 Å². The molecule has 0 unspecified atom stereocenters. The van der Waals surface area contributed by atoms with Gasteiger partial charge in [-0.15, -0.1) is 0 Å². The van der Waals surface area contributed by atoms with Gasteiger partial charge in [0.1, 0.15) is 5.76 Å². The van der Waals surface area contributed by atoms with Crippen molar-refractivity contribution in [3.8, 4) is 0 Å². The van der Waals surface area contributed by atoms with Crippen molar-refractivity contribution in [3.63, 3.8) is 0 Å². The van der Waals surface area contributed by atoms with Gasteiger partial charge in [-0.1, -0.05) is 49.7 Å². The average Bonchev–Trinajstić information content (AvgIpc) is 2.74. The first kappa shape index (κ1) is 13.5. The van der Waals surface area contributed by atoms with Crippen molar-refractivity contribution in [2.75, 3.05) is 0 Å². The predicted molar refractivity (Wildman–Crippen MR) is 66.0 cm³/mol. The number of furan rings is 1. The average molecular weight is 204 g/mol. The van der Waals surface area contributed by atoms with Gasteiger partial charge in [0.25, 0.3) is 0 Å². The molecule has 1 aromatic heterocycles. The molecule has 2 aromatic rings. The summed E-state index contributed by atoms with van der Waals surface area (Å²) in [5.41, 5.74) is 1.32. The number of hydrogen-bond donors (Lipinski definition) is 0. The fourth-order valence-electron chi connectivity index (χ4n) is 0.895.